The Morgan fingerprint density at radius 2 is 1.96 bits per heavy atom. The lowest BCUT2D eigenvalue weighted by Gasteiger charge is -2.18. The number of rotatable bonds is 8. The van der Waals surface area contributed by atoms with Gasteiger partial charge in [-0.15, -0.1) is 0 Å². The van der Waals surface area contributed by atoms with E-state index in [-0.39, 0.29) is 12.6 Å². The fourth-order valence-corrected chi connectivity index (χ4v) is 3.83. The van der Waals surface area contributed by atoms with Gasteiger partial charge in [0.2, 0.25) is 0 Å². The number of nitrogens with one attached hydrogen (secondary N) is 2. The first-order valence-electron chi connectivity index (χ1n) is 6.88. The fraction of sp³-hybridized carbons (Fsp3) is 0.286. The number of aromatic nitrogens is 1. The van der Waals surface area contributed by atoms with Crippen LogP contribution in [0.3, 0.4) is 0 Å². The average molecular weight is 340 g/mol. The highest BCUT2D eigenvalue weighted by molar-refractivity contribution is 7.55. The van der Waals surface area contributed by atoms with Crippen LogP contribution in [-0.2, 0) is 20.3 Å². The van der Waals surface area contributed by atoms with Crippen LogP contribution < -0.4 is 5.09 Å². The summed E-state index contributed by atoms with van der Waals surface area (Å²) in [4.78, 5) is 34.7. The van der Waals surface area contributed by atoms with Crippen molar-refractivity contribution in [3.8, 4) is 0 Å². The molecule has 1 heterocycles. The second kappa shape index (κ2) is 6.95. The van der Waals surface area contributed by atoms with E-state index < -0.39 is 31.9 Å². The van der Waals surface area contributed by atoms with Gasteiger partial charge >= 0.3 is 11.9 Å². The van der Waals surface area contributed by atoms with Crippen molar-refractivity contribution in [2.75, 3.05) is 0 Å². The molecule has 0 amide bonds. The van der Waals surface area contributed by atoms with Gasteiger partial charge in [-0.25, -0.2) is 5.09 Å². The van der Waals surface area contributed by atoms with Crippen LogP contribution in [0.2, 0.25) is 0 Å². The summed E-state index contributed by atoms with van der Waals surface area (Å²) < 4.78 is 12.3. The highest BCUT2D eigenvalue weighted by Crippen LogP contribution is 2.42. The van der Waals surface area contributed by atoms with Crippen molar-refractivity contribution in [3.05, 3.63) is 36.0 Å². The highest BCUT2D eigenvalue weighted by Gasteiger charge is 2.29. The molecule has 0 aliphatic rings. The molecule has 124 valence electrons. The second-order valence-electron chi connectivity index (χ2n) is 5.17. The minimum Gasteiger partial charge on any atom is -0.481 e. The third-order valence-electron chi connectivity index (χ3n) is 3.36. The number of aliphatic carboxylic acids is 2. The first kappa shape index (κ1) is 17.2. The SMILES string of the molecule is O=C(O)CCC(NP(=O)(O)Cc1c[nH]c2ccccc12)C(=O)O. The van der Waals surface area contributed by atoms with E-state index in [0.717, 1.165) is 10.9 Å². The van der Waals surface area contributed by atoms with Gasteiger partial charge < -0.3 is 20.1 Å². The lowest BCUT2D eigenvalue weighted by Crippen LogP contribution is -2.35. The summed E-state index contributed by atoms with van der Waals surface area (Å²) in [6.07, 6.45) is 0.663. The zero-order valence-electron chi connectivity index (χ0n) is 12.1. The summed E-state index contributed by atoms with van der Waals surface area (Å²) in [5.74, 6) is -2.53. The first-order chi connectivity index (χ1) is 10.8. The van der Waals surface area contributed by atoms with E-state index in [1.54, 1.807) is 18.3 Å². The van der Waals surface area contributed by atoms with Gasteiger partial charge in [-0.2, -0.15) is 0 Å². The molecule has 0 aliphatic heterocycles. The summed E-state index contributed by atoms with van der Waals surface area (Å²) in [5.41, 5.74) is 1.39. The number of hydrogen-bond donors (Lipinski definition) is 5. The van der Waals surface area contributed by atoms with Crippen LogP contribution in [0.25, 0.3) is 10.9 Å². The molecular weight excluding hydrogens is 323 g/mol. The summed E-state index contributed by atoms with van der Waals surface area (Å²) >= 11 is 0. The maximum Gasteiger partial charge on any atom is 0.321 e. The third-order valence-corrected chi connectivity index (χ3v) is 4.85. The Balaban J connectivity index is 2.12. The summed E-state index contributed by atoms with van der Waals surface area (Å²) in [5, 5.41) is 20.6. The van der Waals surface area contributed by atoms with E-state index in [0.29, 0.717) is 5.56 Å². The molecule has 9 heteroatoms. The van der Waals surface area contributed by atoms with E-state index in [1.807, 2.05) is 12.1 Å². The molecule has 8 nitrogen and oxygen atoms in total. The molecule has 0 aliphatic carbocycles. The van der Waals surface area contributed by atoms with Crippen molar-refractivity contribution in [2.24, 2.45) is 0 Å². The highest BCUT2D eigenvalue weighted by atomic mass is 31.2. The fourth-order valence-electron chi connectivity index (χ4n) is 2.29. The minimum atomic E-state index is -4.00. The van der Waals surface area contributed by atoms with Crippen LogP contribution in [-0.4, -0.2) is 38.1 Å². The van der Waals surface area contributed by atoms with Gasteiger partial charge in [-0.1, -0.05) is 18.2 Å². The third kappa shape index (κ3) is 4.66. The van der Waals surface area contributed by atoms with Crippen molar-refractivity contribution in [2.45, 2.75) is 25.0 Å². The van der Waals surface area contributed by atoms with Crippen molar-refractivity contribution in [3.63, 3.8) is 0 Å². The van der Waals surface area contributed by atoms with Gasteiger partial charge in [0.1, 0.15) is 6.04 Å². The molecule has 0 fully saturated rings. The van der Waals surface area contributed by atoms with Gasteiger partial charge in [0.25, 0.3) is 7.52 Å². The Bertz CT molecular complexity index is 771. The number of carboxylic acids is 2. The number of carbonyl (C=O) groups is 2. The first-order valence-corrected chi connectivity index (χ1v) is 8.72. The van der Waals surface area contributed by atoms with E-state index in [9.17, 15) is 19.0 Å². The maximum absolute atomic E-state index is 12.3. The van der Waals surface area contributed by atoms with Gasteiger partial charge in [0.05, 0.1) is 6.16 Å². The molecule has 1 aromatic carbocycles. The number of carboxylic acid groups (broad SMARTS) is 2. The number of H-pyrrole nitrogens is 1. The summed E-state index contributed by atoms with van der Waals surface area (Å²) in [6, 6.07) is 5.84. The molecule has 0 saturated carbocycles. The van der Waals surface area contributed by atoms with Crippen LogP contribution in [0.1, 0.15) is 18.4 Å². The smallest absolute Gasteiger partial charge is 0.321 e. The Morgan fingerprint density at radius 3 is 2.61 bits per heavy atom. The lowest BCUT2D eigenvalue weighted by molar-refractivity contribution is -0.140. The summed E-state index contributed by atoms with van der Waals surface area (Å²) in [7, 11) is -4.00. The average Bonchev–Trinajstić information content (AvgIpc) is 2.86. The predicted molar refractivity (Wildman–Crippen MR) is 83.3 cm³/mol. The predicted octanol–water partition coefficient (Wildman–Crippen LogP) is 1.76. The molecule has 2 rings (SSSR count). The van der Waals surface area contributed by atoms with Crippen molar-refractivity contribution in [1.29, 1.82) is 0 Å². The standard InChI is InChI=1S/C14H17N2O6P/c17-13(18)6-5-12(14(19)20)16-23(21,22)8-9-7-15-11-4-2-1-3-10(9)11/h1-4,7,12,15H,5-6,8H2,(H,17,18)(H,19,20)(H2,16,21,22). The van der Waals surface area contributed by atoms with E-state index >= 15 is 0 Å². The Labute approximate surface area is 131 Å². The van der Waals surface area contributed by atoms with Crippen molar-refractivity contribution < 1.29 is 29.3 Å². The molecule has 0 radical (unpaired) electrons. The van der Waals surface area contributed by atoms with Gasteiger partial charge in [-0.05, 0) is 18.1 Å². The zero-order chi connectivity index (χ0) is 17.0. The van der Waals surface area contributed by atoms with Crippen LogP contribution >= 0.6 is 7.52 Å². The normalized spacial score (nSPS) is 15.2. The molecule has 2 unspecified atom stereocenters. The Morgan fingerprint density at radius 1 is 1.26 bits per heavy atom. The molecule has 2 aromatic rings. The van der Waals surface area contributed by atoms with Crippen LogP contribution in [0.15, 0.2) is 30.5 Å². The molecule has 0 saturated heterocycles. The minimum absolute atomic E-state index is 0.256. The van der Waals surface area contributed by atoms with Gasteiger partial charge in [-0.3, -0.25) is 14.2 Å². The second-order valence-corrected chi connectivity index (χ2v) is 7.15. The maximum atomic E-state index is 12.3. The Hall–Kier alpha value is -2.15. The van der Waals surface area contributed by atoms with Crippen molar-refractivity contribution in [1.82, 2.24) is 10.1 Å². The summed E-state index contributed by atoms with van der Waals surface area (Å²) in [6.45, 7) is 0. The molecule has 5 N–H and O–H groups in total. The molecule has 1 aromatic heterocycles. The largest absolute Gasteiger partial charge is 0.481 e. The van der Waals surface area contributed by atoms with Gasteiger partial charge in [0, 0.05) is 23.5 Å². The zero-order valence-corrected chi connectivity index (χ0v) is 13.0. The van der Waals surface area contributed by atoms with E-state index in [4.69, 9.17) is 10.2 Å². The number of aromatic amines is 1. The number of fused-ring (bicyclic) bond motifs is 1. The topological polar surface area (TPSA) is 140 Å². The van der Waals surface area contributed by atoms with Crippen LogP contribution in [0, 0.1) is 0 Å². The van der Waals surface area contributed by atoms with Gasteiger partial charge in [0.15, 0.2) is 0 Å². The van der Waals surface area contributed by atoms with Crippen LogP contribution in [0.5, 0.6) is 0 Å². The molecule has 0 bridgehead atoms. The number of para-hydroxylation sites is 1. The quantitative estimate of drug-likeness (QED) is 0.461. The van der Waals surface area contributed by atoms with Crippen LogP contribution in [0.4, 0.5) is 0 Å². The monoisotopic (exact) mass is 340 g/mol. The molecule has 23 heavy (non-hydrogen) atoms. The Kier molecular flexibility index (Phi) is 5.20. The number of hydrogen-bond acceptors (Lipinski definition) is 3. The molecule has 0 spiro atoms. The lowest BCUT2D eigenvalue weighted by atomic mass is 10.2. The number of benzene rings is 1. The molecule has 2 atom stereocenters. The van der Waals surface area contributed by atoms with E-state index in [2.05, 4.69) is 10.1 Å². The van der Waals surface area contributed by atoms with E-state index in [1.165, 1.54) is 0 Å². The van der Waals surface area contributed by atoms with Crippen molar-refractivity contribution >= 4 is 30.4 Å². The molecular formula is C14H17N2O6P.